The normalized spacial score (nSPS) is 12.8. The van der Waals surface area contributed by atoms with Gasteiger partial charge < -0.3 is 14.4 Å². The van der Waals surface area contributed by atoms with Gasteiger partial charge in [-0.15, -0.1) is 0 Å². The highest BCUT2D eigenvalue weighted by Crippen LogP contribution is 2.15. The molecule has 0 aliphatic heterocycles. The molecular weight excluding hydrogens is 252 g/mol. The summed E-state index contributed by atoms with van der Waals surface area (Å²) in [6, 6.07) is 4.53. The van der Waals surface area contributed by atoms with Crippen LogP contribution in [-0.4, -0.2) is 21.3 Å². The molecule has 0 amide bonds. The summed E-state index contributed by atoms with van der Waals surface area (Å²) in [5.74, 6) is 1.47. The van der Waals surface area contributed by atoms with Crippen molar-refractivity contribution in [2.24, 2.45) is 0 Å². The van der Waals surface area contributed by atoms with Crippen LogP contribution in [0.25, 0.3) is 0 Å². The highest BCUT2D eigenvalue weighted by atomic mass is 16.5. The lowest BCUT2D eigenvalue weighted by molar-refractivity contribution is 0.370. The van der Waals surface area contributed by atoms with Crippen LogP contribution in [0.15, 0.2) is 22.9 Å². The molecule has 2 rings (SSSR count). The fraction of sp³-hybridized carbons (Fsp3) is 0.600. The van der Waals surface area contributed by atoms with Crippen molar-refractivity contribution in [1.82, 2.24) is 20.0 Å². The predicted molar refractivity (Wildman–Crippen MR) is 78.5 cm³/mol. The molecule has 0 aromatic carbocycles. The van der Waals surface area contributed by atoms with E-state index in [1.807, 2.05) is 0 Å². The quantitative estimate of drug-likeness (QED) is 0.805. The highest BCUT2D eigenvalue weighted by molar-refractivity contribution is 5.12. The van der Waals surface area contributed by atoms with Crippen molar-refractivity contribution < 1.29 is 4.52 Å². The molecular formula is C15H24N4O. The number of hydrogen-bond acceptors (Lipinski definition) is 4. The van der Waals surface area contributed by atoms with Gasteiger partial charge in [-0.2, -0.15) is 4.98 Å². The van der Waals surface area contributed by atoms with E-state index in [4.69, 9.17) is 4.52 Å². The standard InChI is InChI=1S/C15H24N4O/c1-4-7-15-17-14(18-20-15)11-19-10-6-8-13(19)12(3)16-9-5-2/h6,8,10,12,16H,4-5,7,9,11H2,1-3H3. The number of nitrogens with one attached hydrogen (secondary N) is 1. The van der Waals surface area contributed by atoms with Crippen LogP contribution in [-0.2, 0) is 13.0 Å². The number of nitrogens with zero attached hydrogens (tertiary/aromatic N) is 3. The summed E-state index contributed by atoms with van der Waals surface area (Å²) >= 11 is 0. The van der Waals surface area contributed by atoms with Crippen molar-refractivity contribution in [1.29, 1.82) is 0 Å². The zero-order valence-corrected chi connectivity index (χ0v) is 12.6. The van der Waals surface area contributed by atoms with Crippen molar-refractivity contribution in [3.8, 4) is 0 Å². The summed E-state index contributed by atoms with van der Waals surface area (Å²) in [4.78, 5) is 4.42. The first kappa shape index (κ1) is 14.8. The van der Waals surface area contributed by atoms with Gasteiger partial charge in [0.25, 0.3) is 0 Å². The third-order valence-corrected chi connectivity index (χ3v) is 3.29. The van der Waals surface area contributed by atoms with Crippen LogP contribution in [0.5, 0.6) is 0 Å². The maximum absolute atomic E-state index is 5.23. The lowest BCUT2D eigenvalue weighted by Gasteiger charge is -2.15. The molecule has 0 aliphatic carbocycles. The van der Waals surface area contributed by atoms with Crippen LogP contribution in [0.2, 0.25) is 0 Å². The molecule has 2 aromatic rings. The minimum absolute atomic E-state index is 0.326. The molecule has 1 unspecified atom stereocenters. The summed E-state index contributed by atoms with van der Waals surface area (Å²) in [6.07, 6.45) is 5.07. The topological polar surface area (TPSA) is 55.9 Å². The zero-order chi connectivity index (χ0) is 14.4. The number of hydrogen-bond donors (Lipinski definition) is 1. The molecule has 0 bridgehead atoms. The molecule has 5 heteroatoms. The first-order valence-electron chi connectivity index (χ1n) is 7.44. The second-order valence-corrected chi connectivity index (χ2v) is 5.09. The van der Waals surface area contributed by atoms with Gasteiger partial charge in [0.1, 0.15) is 0 Å². The highest BCUT2D eigenvalue weighted by Gasteiger charge is 2.12. The lowest BCUT2D eigenvalue weighted by atomic mass is 10.2. The van der Waals surface area contributed by atoms with Crippen LogP contribution < -0.4 is 5.32 Å². The monoisotopic (exact) mass is 276 g/mol. The average molecular weight is 276 g/mol. The van der Waals surface area contributed by atoms with Crippen LogP contribution in [0.3, 0.4) is 0 Å². The predicted octanol–water partition coefficient (Wildman–Crippen LogP) is 2.93. The Morgan fingerprint density at radius 3 is 2.95 bits per heavy atom. The summed E-state index contributed by atoms with van der Waals surface area (Å²) in [5, 5.41) is 7.55. The Morgan fingerprint density at radius 1 is 1.35 bits per heavy atom. The van der Waals surface area contributed by atoms with Gasteiger partial charge in [-0.05, 0) is 38.4 Å². The van der Waals surface area contributed by atoms with E-state index in [0.29, 0.717) is 12.6 Å². The SMILES string of the molecule is CCCNC(C)c1cccn1Cc1noc(CCC)n1. The largest absolute Gasteiger partial charge is 0.342 e. The molecule has 5 nitrogen and oxygen atoms in total. The molecule has 0 saturated carbocycles. The number of rotatable bonds is 8. The zero-order valence-electron chi connectivity index (χ0n) is 12.6. The van der Waals surface area contributed by atoms with Gasteiger partial charge in [0.15, 0.2) is 5.82 Å². The Morgan fingerprint density at radius 2 is 2.20 bits per heavy atom. The summed E-state index contributed by atoms with van der Waals surface area (Å²) in [7, 11) is 0. The molecule has 20 heavy (non-hydrogen) atoms. The van der Waals surface area contributed by atoms with Gasteiger partial charge in [0.05, 0.1) is 6.54 Å². The number of aromatic nitrogens is 3. The van der Waals surface area contributed by atoms with E-state index in [0.717, 1.165) is 37.5 Å². The summed E-state index contributed by atoms with van der Waals surface area (Å²) in [5.41, 5.74) is 1.25. The van der Waals surface area contributed by atoms with Crippen LogP contribution in [0.1, 0.15) is 57.1 Å². The minimum Gasteiger partial charge on any atom is -0.342 e. The summed E-state index contributed by atoms with van der Waals surface area (Å²) < 4.78 is 7.40. The van der Waals surface area contributed by atoms with Crippen molar-refractivity contribution >= 4 is 0 Å². The van der Waals surface area contributed by atoms with Crippen molar-refractivity contribution in [3.05, 3.63) is 35.7 Å². The smallest absolute Gasteiger partial charge is 0.226 e. The number of aryl methyl sites for hydroxylation is 1. The van der Waals surface area contributed by atoms with Crippen molar-refractivity contribution in [2.75, 3.05) is 6.54 Å². The van der Waals surface area contributed by atoms with E-state index in [1.54, 1.807) is 0 Å². The van der Waals surface area contributed by atoms with Gasteiger partial charge in [-0.1, -0.05) is 19.0 Å². The van der Waals surface area contributed by atoms with Gasteiger partial charge in [0, 0.05) is 24.4 Å². The average Bonchev–Trinajstić information content (AvgIpc) is 3.07. The molecule has 0 aliphatic rings. The van der Waals surface area contributed by atoms with Gasteiger partial charge in [-0.25, -0.2) is 0 Å². The Kier molecular flexibility index (Phi) is 5.35. The van der Waals surface area contributed by atoms with Crippen LogP contribution in [0, 0.1) is 0 Å². The van der Waals surface area contributed by atoms with Gasteiger partial charge >= 0.3 is 0 Å². The Hall–Kier alpha value is -1.62. The molecule has 0 radical (unpaired) electrons. The second-order valence-electron chi connectivity index (χ2n) is 5.09. The Bertz CT molecular complexity index is 517. The Labute approximate surface area is 120 Å². The minimum atomic E-state index is 0.326. The third-order valence-electron chi connectivity index (χ3n) is 3.29. The second kappa shape index (κ2) is 7.24. The van der Waals surface area contributed by atoms with E-state index in [2.05, 4.69) is 59.1 Å². The van der Waals surface area contributed by atoms with E-state index >= 15 is 0 Å². The fourth-order valence-corrected chi connectivity index (χ4v) is 2.25. The first-order valence-corrected chi connectivity index (χ1v) is 7.44. The van der Waals surface area contributed by atoms with Crippen LogP contribution in [0.4, 0.5) is 0 Å². The molecule has 0 fully saturated rings. The third kappa shape index (κ3) is 3.70. The van der Waals surface area contributed by atoms with E-state index in [-0.39, 0.29) is 0 Å². The molecule has 110 valence electrons. The van der Waals surface area contributed by atoms with Crippen molar-refractivity contribution in [3.63, 3.8) is 0 Å². The maximum atomic E-state index is 5.23. The van der Waals surface area contributed by atoms with E-state index in [9.17, 15) is 0 Å². The molecule has 2 aromatic heterocycles. The molecule has 0 spiro atoms. The van der Waals surface area contributed by atoms with Crippen molar-refractivity contribution in [2.45, 2.75) is 52.6 Å². The van der Waals surface area contributed by atoms with Crippen LogP contribution >= 0.6 is 0 Å². The van der Waals surface area contributed by atoms with Gasteiger partial charge in [-0.3, -0.25) is 0 Å². The molecule has 0 saturated heterocycles. The molecule has 1 N–H and O–H groups in total. The summed E-state index contributed by atoms with van der Waals surface area (Å²) in [6.45, 7) is 8.14. The molecule has 1 atom stereocenters. The lowest BCUT2D eigenvalue weighted by Crippen LogP contribution is -2.22. The Balaban J connectivity index is 2.03. The van der Waals surface area contributed by atoms with E-state index in [1.165, 1.54) is 5.69 Å². The molecule has 2 heterocycles. The maximum Gasteiger partial charge on any atom is 0.226 e. The fourth-order valence-electron chi connectivity index (χ4n) is 2.25. The van der Waals surface area contributed by atoms with E-state index < -0.39 is 0 Å². The van der Waals surface area contributed by atoms with Gasteiger partial charge in [0.2, 0.25) is 5.89 Å². The first-order chi connectivity index (χ1) is 9.74.